The van der Waals surface area contributed by atoms with Gasteiger partial charge < -0.3 is 15.7 Å². The highest BCUT2D eigenvalue weighted by Crippen LogP contribution is 2.19. The van der Waals surface area contributed by atoms with Crippen LogP contribution >= 0.6 is 0 Å². The number of benzene rings is 2. The van der Waals surface area contributed by atoms with Crippen molar-refractivity contribution in [3.05, 3.63) is 65.2 Å². The first-order valence-corrected chi connectivity index (χ1v) is 8.30. The van der Waals surface area contributed by atoms with Gasteiger partial charge in [-0.25, -0.2) is 0 Å². The summed E-state index contributed by atoms with van der Waals surface area (Å²) >= 11 is 0. The third-order valence-electron chi connectivity index (χ3n) is 4.18. The summed E-state index contributed by atoms with van der Waals surface area (Å²) in [6.45, 7) is 5.57. The van der Waals surface area contributed by atoms with E-state index in [4.69, 9.17) is 0 Å². The molecule has 0 saturated carbocycles. The van der Waals surface area contributed by atoms with E-state index >= 15 is 0 Å². The van der Waals surface area contributed by atoms with Gasteiger partial charge in [0.25, 0.3) is 0 Å². The molecule has 2 aromatic rings. The first-order chi connectivity index (χ1) is 11.8. The Morgan fingerprint density at radius 1 is 1.08 bits per heavy atom. The van der Waals surface area contributed by atoms with Gasteiger partial charge >= 0.3 is 11.8 Å². The quantitative estimate of drug-likeness (QED) is 0.732. The van der Waals surface area contributed by atoms with Crippen LogP contribution in [0.1, 0.15) is 30.5 Å². The fourth-order valence-corrected chi connectivity index (χ4v) is 2.55. The van der Waals surface area contributed by atoms with Crippen LogP contribution in [0.3, 0.4) is 0 Å². The molecule has 1 atom stereocenters. The van der Waals surface area contributed by atoms with E-state index in [9.17, 15) is 14.7 Å². The lowest BCUT2D eigenvalue weighted by Gasteiger charge is -2.24. The Kier molecular flexibility index (Phi) is 5.93. The smallest absolute Gasteiger partial charge is 0.313 e. The summed E-state index contributed by atoms with van der Waals surface area (Å²) in [7, 11) is 0. The van der Waals surface area contributed by atoms with E-state index in [1.807, 2.05) is 32.0 Å². The van der Waals surface area contributed by atoms with Crippen LogP contribution < -0.4 is 10.6 Å². The molecule has 5 nitrogen and oxygen atoms in total. The summed E-state index contributed by atoms with van der Waals surface area (Å²) in [6.07, 6.45) is 0.849. The van der Waals surface area contributed by atoms with Gasteiger partial charge in [0.1, 0.15) is 5.60 Å². The summed E-state index contributed by atoms with van der Waals surface area (Å²) in [6, 6.07) is 14.5. The first kappa shape index (κ1) is 18.7. The molecule has 0 aliphatic heterocycles. The average molecular weight is 340 g/mol. The summed E-state index contributed by atoms with van der Waals surface area (Å²) in [5.74, 6) is -1.54. The Morgan fingerprint density at radius 3 is 2.40 bits per heavy atom. The van der Waals surface area contributed by atoms with Gasteiger partial charge in [-0.05, 0) is 49.1 Å². The zero-order valence-electron chi connectivity index (χ0n) is 14.8. The fourth-order valence-electron chi connectivity index (χ4n) is 2.55. The maximum Gasteiger partial charge on any atom is 0.313 e. The highest BCUT2D eigenvalue weighted by molar-refractivity contribution is 6.39. The molecule has 132 valence electrons. The number of aliphatic hydroxyl groups is 1. The fraction of sp³-hybridized carbons (Fsp3) is 0.300. The number of carbonyl (C=O) groups is 2. The van der Waals surface area contributed by atoms with Gasteiger partial charge in [-0.1, -0.05) is 43.3 Å². The molecule has 0 saturated heterocycles. The van der Waals surface area contributed by atoms with E-state index in [-0.39, 0.29) is 6.54 Å². The zero-order chi connectivity index (χ0) is 18.4. The van der Waals surface area contributed by atoms with Gasteiger partial charge in [-0.3, -0.25) is 9.59 Å². The molecule has 5 heteroatoms. The molecule has 0 radical (unpaired) electrons. The van der Waals surface area contributed by atoms with Crippen molar-refractivity contribution in [1.82, 2.24) is 5.32 Å². The molecule has 1 unspecified atom stereocenters. The molecule has 2 amide bonds. The summed E-state index contributed by atoms with van der Waals surface area (Å²) < 4.78 is 0. The molecule has 0 aliphatic rings. The van der Waals surface area contributed by atoms with Gasteiger partial charge in [-0.2, -0.15) is 0 Å². The Morgan fingerprint density at radius 2 is 1.76 bits per heavy atom. The number of amides is 2. The van der Waals surface area contributed by atoms with Gasteiger partial charge in [0.05, 0.1) is 6.54 Å². The molecule has 0 fully saturated rings. The monoisotopic (exact) mass is 340 g/mol. The van der Waals surface area contributed by atoms with Crippen LogP contribution in [-0.2, 0) is 21.6 Å². The number of nitrogens with one attached hydrogen (secondary N) is 2. The molecule has 0 aromatic heterocycles. The Hall–Kier alpha value is -2.66. The van der Waals surface area contributed by atoms with Gasteiger partial charge in [0.15, 0.2) is 0 Å². The van der Waals surface area contributed by atoms with Gasteiger partial charge in [0, 0.05) is 5.69 Å². The van der Waals surface area contributed by atoms with E-state index in [0.29, 0.717) is 11.3 Å². The lowest BCUT2D eigenvalue weighted by atomic mass is 9.96. The van der Waals surface area contributed by atoms with Crippen LogP contribution in [0.5, 0.6) is 0 Å². The van der Waals surface area contributed by atoms with Crippen molar-refractivity contribution in [3.63, 3.8) is 0 Å². The number of aryl methyl sites for hydroxylation is 2. The largest absolute Gasteiger partial charge is 0.384 e. The third kappa shape index (κ3) is 4.90. The zero-order valence-corrected chi connectivity index (χ0v) is 14.8. The van der Waals surface area contributed by atoms with E-state index in [1.54, 1.807) is 37.3 Å². The predicted octanol–water partition coefficient (Wildman–Crippen LogP) is 2.52. The van der Waals surface area contributed by atoms with Crippen LogP contribution in [0.4, 0.5) is 5.69 Å². The van der Waals surface area contributed by atoms with Crippen molar-refractivity contribution in [1.29, 1.82) is 0 Å². The topological polar surface area (TPSA) is 78.4 Å². The van der Waals surface area contributed by atoms with Crippen LogP contribution in [0.2, 0.25) is 0 Å². The number of anilines is 1. The number of carbonyl (C=O) groups excluding carboxylic acids is 2. The minimum atomic E-state index is -1.25. The van der Waals surface area contributed by atoms with Crippen LogP contribution in [-0.4, -0.2) is 23.5 Å². The summed E-state index contributed by atoms with van der Waals surface area (Å²) in [5.41, 5.74) is 2.25. The average Bonchev–Trinajstić information content (AvgIpc) is 2.62. The second-order valence-electron chi connectivity index (χ2n) is 6.27. The molecule has 0 heterocycles. The third-order valence-corrected chi connectivity index (χ3v) is 4.18. The maximum atomic E-state index is 12.0. The minimum Gasteiger partial charge on any atom is -0.384 e. The second-order valence-corrected chi connectivity index (χ2v) is 6.27. The highest BCUT2D eigenvalue weighted by atomic mass is 16.3. The summed E-state index contributed by atoms with van der Waals surface area (Å²) in [5, 5.41) is 15.5. The molecule has 0 spiro atoms. The van der Waals surface area contributed by atoms with Crippen molar-refractivity contribution in [2.24, 2.45) is 0 Å². The molecule has 3 N–H and O–H groups in total. The molecule has 2 rings (SSSR count). The normalized spacial score (nSPS) is 13.0. The van der Waals surface area contributed by atoms with Gasteiger partial charge in [0.2, 0.25) is 0 Å². The van der Waals surface area contributed by atoms with Crippen LogP contribution in [0, 0.1) is 6.92 Å². The first-order valence-electron chi connectivity index (χ1n) is 8.30. The molecule has 2 aromatic carbocycles. The SMILES string of the molecule is CCc1cc(NC(=O)C(=O)NCC(C)(O)c2ccccc2)ccc1C. The van der Waals surface area contributed by atoms with E-state index < -0.39 is 17.4 Å². The lowest BCUT2D eigenvalue weighted by Crippen LogP contribution is -2.43. The van der Waals surface area contributed by atoms with Gasteiger partial charge in [-0.15, -0.1) is 0 Å². The molecular formula is C20H24N2O3. The highest BCUT2D eigenvalue weighted by Gasteiger charge is 2.25. The molecule has 25 heavy (non-hydrogen) atoms. The predicted molar refractivity (Wildman–Crippen MR) is 98.2 cm³/mol. The maximum absolute atomic E-state index is 12.0. The van der Waals surface area contributed by atoms with Crippen molar-refractivity contribution in [3.8, 4) is 0 Å². The van der Waals surface area contributed by atoms with E-state index in [0.717, 1.165) is 17.5 Å². The number of hydrogen-bond acceptors (Lipinski definition) is 3. The van der Waals surface area contributed by atoms with E-state index in [1.165, 1.54) is 0 Å². The number of hydrogen-bond donors (Lipinski definition) is 3. The van der Waals surface area contributed by atoms with Crippen molar-refractivity contribution in [2.75, 3.05) is 11.9 Å². The Balaban J connectivity index is 1.95. The van der Waals surface area contributed by atoms with Crippen molar-refractivity contribution in [2.45, 2.75) is 32.8 Å². The Bertz CT molecular complexity index is 755. The molecular weight excluding hydrogens is 316 g/mol. The molecule has 0 bridgehead atoms. The molecule has 0 aliphatic carbocycles. The summed E-state index contributed by atoms with van der Waals surface area (Å²) in [4.78, 5) is 24.1. The van der Waals surface area contributed by atoms with Crippen LogP contribution in [0.15, 0.2) is 48.5 Å². The second kappa shape index (κ2) is 7.94. The van der Waals surface area contributed by atoms with Crippen molar-refractivity contribution >= 4 is 17.5 Å². The minimum absolute atomic E-state index is 0.0582. The van der Waals surface area contributed by atoms with Crippen LogP contribution in [0.25, 0.3) is 0 Å². The van der Waals surface area contributed by atoms with Crippen molar-refractivity contribution < 1.29 is 14.7 Å². The number of rotatable bonds is 5. The standard InChI is InChI=1S/C20H24N2O3/c1-4-15-12-17(11-10-14(15)2)22-19(24)18(23)21-13-20(3,25)16-8-6-5-7-9-16/h5-12,25H,4,13H2,1-3H3,(H,21,23)(H,22,24). The Labute approximate surface area is 148 Å². The van der Waals surface area contributed by atoms with E-state index in [2.05, 4.69) is 10.6 Å². The lowest BCUT2D eigenvalue weighted by molar-refractivity contribution is -0.136.